The summed E-state index contributed by atoms with van der Waals surface area (Å²) in [7, 11) is 0. The van der Waals surface area contributed by atoms with Crippen molar-refractivity contribution in [3.05, 3.63) is 29.3 Å². The minimum Gasteiger partial charge on any atom is -0.392 e. The van der Waals surface area contributed by atoms with Gasteiger partial charge in [-0.3, -0.25) is 0 Å². The molecule has 1 aromatic rings. The van der Waals surface area contributed by atoms with Gasteiger partial charge < -0.3 is 9.90 Å². The van der Waals surface area contributed by atoms with E-state index in [0.29, 0.717) is 0 Å². The van der Waals surface area contributed by atoms with Crippen LogP contribution in [0.4, 0.5) is 0 Å². The first kappa shape index (κ1) is 10.3. The molecule has 70 valence electrons. The normalized spacial score (nSPS) is 12.5. The maximum atomic E-state index is 10.6. The van der Waals surface area contributed by atoms with Crippen molar-refractivity contribution < 1.29 is 9.90 Å². The van der Waals surface area contributed by atoms with Crippen LogP contribution in [-0.2, 0) is 11.4 Å². The largest absolute Gasteiger partial charge is 0.392 e. The number of aliphatic hydroxyl groups is 1. The maximum absolute atomic E-state index is 10.6. The molecule has 3 heteroatoms. The van der Waals surface area contributed by atoms with Gasteiger partial charge in [-0.05, 0) is 17.2 Å². The highest BCUT2D eigenvalue weighted by Gasteiger charge is 2.11. The molecule has 0 aromatic heterocycles. The lowest BCUT2D eigenvalue weighted by Gasteiger charge is -2.12. The molecule has 0 radical (unpaired) electrons. The van der Waals surface area contributed by atoms with Gasteiger partial charge in [0.1, 0.15) is 6.29 Å². The number of benzene rings is 1. The second-order valence-corrected chi connectivity index (χ2v) is 3.41. The van der Waals surface area contributed by atoms with Gasteiger partial charge in [0.05, 0.1) is 6.61 Å². The van der Waals surface area contributed by atoms with E-state index in [0.717, 1.165) is 22.3 Å². The van der Waals surface area contributed by atoms with E-state index >= 15 is 0 Å². The molecule has 1 aromatic carbocycles. The molecule has 0 aliphatic rings. The van der Waals surface area contributed by atoms with Crippen molar-refractivity contribution >= 4 is 18.9 Å². The molecule has 0 aliphatic carbocycles. The quantitative estimate of drug-likeness (QED) is 0.571. The summed E-state index contributed by atoms with van der Waals surface area (Å²) in [5, 5.41) is 9.04. The van der Waals surface area contributed by atoms with Gasteiger partial charge in [-0.2, -0.15) is 0 Å². The summed E-state index contributed by atoms with van der Waals surface area (Å²) in [5.41, 5.74) is 1.59. The van der Waals surface area contributed by atoms with E-state index in [1.165, 1.54) is 0 Å². The number of aliphatic hydroxyl groups excluding tert-OH is 1. The van der Waals surface area contributed by atoms with E-state index in [2.05, 4.69) is 12.6 Å². The van der Waals surface area contributed by atoms with E-state index in [1.807, 2.05) is 12.1 Å². The lowest BCUT2D eigenvalue weighted by molar-refractivity contribution is -0.108. The molecule has 0 saturated carbocycles. The van der Waals surface area contributed by atoms with Crippen molar-refractivity contribution in [2.75, 3.05) is 0 Å². The Labute approximate surface area is 83.0 Å². The average molecular weight is 196 g/mol. The SMILES string of the molecule is CC(C=O)c1c(S)cccc1CO. The second-order valence-electron chi connectivity index (χ2n) is 2.93. The average Bonchev–Trinajstić information content (AvgIpc) is 2.16. The molecule has 2 nitrogen and oxygen atoms in total. The number of carbonyl (C=O) groups excluding carboxylic acids is 1. The Balaban J connectivity index is 3.22. The predicted octanol–water partition coefficient (Wildman–Crippen LogP) is 1.77. The predicted molar refractivity (Wildman–Crippen MR) is 54.1 cm³/mol. The Hall–Kier alpha value is -0.800. The zero-order valence-electron chi connectivity index (χ0n) is 7.40. The lowest BCUT2D eigenvalue weighted by Crippen LogP contribution is -2.01. The highest BCUT2D eigenvalue weighted by Crippen LogP contribution is 2.25. The van der Waals surface area contributed by atoms with Crippen molar-refractivity contribution in [1.29, 1.82) is 0 Å². The number of hydrogen-bond acceptors (Lipinski definition) is 3. The smallest absolute Gasteiger partial charge is 0.127 e. The van der Waals surface area contributed by atoms with Gasteiger partial charge in [0.25, 0.3) is 0 Å². The van der Waals surface area contributed by atoms with Crippen molar-refractivity contribution in [2.45, 2.75) is 24.3 Å². The third kappa shape index (κ3) is 2.11. The highest BCUT2D eigenvalue weighted by molar-refractivity contribution is 7.80. The zero-order chi connectivity index (χ0) is 9.84. The number of carbonyl (C=O) groups is 1. The van der Waals surface area contributed by atoms with Crippen molar-refractivity contribution in [1.82, 2.24) is 0 Å². The van der Waals surface area contributed by atoms with Crippen LogP contribution >= 0.6 is 12.6 Å². The van der Waals surface area contributed by atoms with E-state index in [1.54, 1.807) is 13.0 Å². The van der Waals surface area contributed by atoms with Gasteiger partial charge in [-0.1, -0.05) is 19.1 Å². The Morgan fingerprint density at radius 2 is 2.31 bits per heavy atom. The first-order valence-electron chi connectivity index (χ1n) is 4.07. The first-order chi connectivity index (χ1) is 6.20. The maximum Gasteiger partial charge on any atom is 0.127 e. The number of aldehydes is 1. The highest BCUT2D eigenvalue weighted by atomic mass is 32.1. The molecule has 0 heterocycles. The second kappa shape index (κ2) is 4.44. The van der Waals surface area contributed by atoms with Crippen LogP contribution in [0.25, 0.3) is 0 Å². The summed E-state index contributed by atoms with van der Waals surface area (Å²) < 4.78 is 0. The molecular formula is C10H12O2S. The molecule has 13 heavy (non-hydrogen) atoms. The molecule has 0 aliphatic heterocycles. The van der Waals surface area contributed by atoms with E-state index in [4.69, 9.17) is 5.11 Å². The van der Waals surface area contributed by atoms with Gasteiger partial charge in [-0.15, -0.1) is 12.6 Å². The van der Waals surface area contributed by atoms with Crippen LogP contribution in [0.5, 0.6) is 0 Å². The molecule has 0 spiro atoms. The van der Waals surface area contributed by atoms with Crippen LogP contribution in [0, 0.1) is 0 Å². The topological polar surface area (TPSA) is 37.3 Å². The van der Waals surface area contributed by atoms with Gasteiger partial charge in [-0.25, -0.2) is 0 Å². The lowest BCUT2D eigenvalue weighted by atomic mass is 9.97. The van der Waals surface area contributed by atoms with Crippen molar-refractivity contribution in [2.24, 2.45) is 0 Å². The third-order valence-electron chi connectivity index (χ3n) is 2.00. The summed E-state index contributed by atoms with van der Waals surface area (Å²) in [4.78, 5) is 11.4. The van der Waals surface area contributed by atoms with Gasteiger partial charge >= 0.3 is 0 Å². The molecule has 0 bridgehead atoms. The summed E-state index contributed by atoms with van der Waals surface area (Å²) in [6, 6.07) is 5.43. The van der Waals surface area contributed by atoms with Crippen molar-refractivity contribution in [3.63, 3.8) is 0 Å². The van der Waals surface area contributed by atoms with Crippen LogP contribution in [0.3, 0.4) is 0 Å². The summed E-state index contributed by atoms with van der Waals surface area (Å²) >= 11 is 4.24. The third-order valence-corrected chi connectivity index (χ3v) is 2.39. The van der Waals surface area contributed by atoms with E-state index in [9.17, 15) is 4.79 Å². The molecular weight excluding hydrogens is 184 g/mol. The number of rotatable bonds is 3. The number of hydrogen-bond donors (Lipinski definition) is 2. The van der Waals surface area contributed by atoms with Gasteiger partial charge in [0, 0.05) is 10.8 Å². The molecule has 0 saturated heterocycles. The van der Waals surface area contributed by atoms with Crippen LogP contribution in [0.15, 0.2) is 23.1 Å². The Morgan fingerprint density at radius 1 is 1.62 bits per heavy atom. The molecule has 0 amide bonds. The zero-order valence-corrected chi connectivity index (χ0v) is 8.29. The standard InChI is InChI=1S/C10H12O2S/c1-7(5-11)10-8(6-12)3-2-4-9(10)13/h2-5,7,12-13H,6H2,1H3. The monoisotopic (exact) mass is 196 g/mol. The number of thiol groups is 1. The van der Waals surface area contributed by atoms with Gasteiger partial charge in [0.2, 0.25) is 0 Å². The molecule has 1 rings (SSSR count). The molecule has 0 fully saturated rings. The Morgan fingerprint density at radius 3 is 2.85 bits per heavy atom. The summed E-state index contributed by atoms with van der Waals surface area (Å²) in [6.07, 6.45) is 0.855. The van der Waals surface area contributed by atoms with Crippen LogP contribution in [0.2, 0.25) is 0 Å². The minimum atomic E-state index is -0.212. The fourth-order valence-electron chi connectivity index (χ4n) is 1.33. The minimum absolute atomic E-state index is 0.0537. The molecule has 1 unspecified atom stereocenters. The Bertz CT molecular complexity index is 310. The van der Waals surface area contributed by atoms with Crippen LogP contribution in [0.1, 0.15) is 24.0 Å². The molecule has 1 N–H and O–H groups in total. The fraction of sp³-hybridized carbons (Fsp3) is 0.300. The molecule has 1 atom stereocenters. The summed E-state index contributed by atoms with van der Waals surface area (Å²) in [5.74, 6) is -0.212. The van der Waals surface area contributed by atoms with E-state index in [-0.39, 0.29) is 12.5 Å². The first-order valence-corrected chi connectivity index (χ1v) is 4.52. The summed E-state index contributed by atoms with van der Waals surface area (Å²) in [6.45, 7) is 1.74. The van der Waals surface area contributed by atoms with Crippen molar-refractivity contribution in [3.8, 4) is 0 Å². The van der Waals surface area contributed by atoms with E-state index < -0.39 is 0 Å². The fourth-order valence-corrected chi connectivity index (χ4v) is 1.76. The Kier molecular flexibility index (Phi) is 3.51. The van der Waals surface area contributed by atoms with Gasteiger partial charge in [0.15, 0.2) is 0 Å². The van der Waals surface area contributed by atoms with Crippen LogP contribution in [-0.4, -0.2) is 11.4 Å². The van der Waals surface area contributed by atoms with Crippen LogP contribution < -0.4 is 0 Å².